The van der Waals surface area contributed by atoms with Gasteiger partial charge in [0.2, 0.25) is 0 Å². The Labute approximate surface area is 105 Å². The summed E-state index contributed by atoms with van der Waals surface area (Å²) in [6.45, 7) is 0.259. The van der Waals surface area contributed by atoms with E-state index in [-0.39, 0.29) is 19.6 Å². The third-order valence-electron chi connectivity index (χ3n) is 2.64. The van der Waals surface area contributed by atoms with E-state index in [9.17, 15) is 0 Å². The van der Waals surface area contributed by atoms with Crippen molar-refractivity contribution in [2.24, 2.45) is 21.5 Å². The van der Waals surface area contributed by atoms with E-state index < -0.39 is 0 Å². The van der Waals surface area contributed by atoms with E-state index in [0.29, 0.717) is 23.4 Å². The lowest BCUT2D eigenvalue weighted by Crippen LogP contribution is -2.23. The molecular formula is C11H18N6O. The van der Waals surface area contributed by atoms with Crippen LogP contribution in [0.5, 0.6) is 0 Å². The summed E-state index contributed by atoms with van der Waals surface area (Å²) in [5.41, 5.74) is 12.5. The van der Waals surface area contributed by atoms with Crippen molar-refractivity contribution in [3.8, 4) is 0 Å². The standard InChI is InChI=1S/C11H18N6O/c12-9(14-3-4-18)6-10(13)15-11-5-8(16-17-11)7-1-2-7/h5,7,18H,1-4,6H2,(H2,12,14)(H3,13,15,16,17). The number of amidine groups is 2. The maximum atomic E-state index is 8.61. The Hall–Kier alpha value is -1.89. The highest BCUT2D eigenvalue weighted by Gasteiger charge is 2.25. The average molecular weight is 250 g/mol. The first-order valence-corrected chi connectivity index (χ1v) is 5.97. The molecule has 0 aromatic carbocycles. The van der Waals surface area contributed by atoms with E-state index >= 15 is 0 Å². The molecular weight excluding hydrogens is 232 g/mol. The monoisotopic (exact) mass is 250 g/mol. The predicted molar refractivity (Wildman–Crippen MR) is 70.0 cm³/mol. The number of rotatable bonds is 6. The fourth-order valence-corrected chi connectivity index (χ4v) is 1.61. The lowest BCUT2D eigenvalue weighted by Gasteiger charge is -1.99. The highest BCUT2D eigenvalue weighted by molar-refractivity contribution is 6.01. The van der Waals surface area contributed by atoms with Crippen LogP contribution in [0.2, 0.25) is 0 Å². The minimum atomic E-state index is -0.0259. The fraction of sp³-hybridized carbons (Fsp3) is 0.545. The SMILES string of the molecule is NC(CC(N)=Nc1cc(C2CC2)[nH]n1)=NCCO. The fourth-order valence-electron chi connectivity index (χ4n) is 1.61. The average Bonchev–Trinajstić information content (AvgIpc) is 3.08. The number of nitrogens with two attached hydrogens (primary N) is 2. The van der Waals surface area contributed by atoms with E-state index in [1.807, 2.05) is 6.07 Å². The normalized spacial score (nSPS) is 17.2. The second-order valence-corrected chi connectivity index (χ2v) is 4.33. The van der Waals surface area contributed by atoms with Gasteiger partial charge in [0.25, 0.3) is 0 Å². The second-order valence-electron chi connectivity index (χ2n) is 4.33. The summed E-state index contributed by atoms with van der Waals surface area (Å²) in [5.74, 6) is 1.91. The van der Waals surface area contributed by atoms with Gasteiger partial charge in [0, 0.05) is 17.7 Å². The molecule has 1 heterocycles. The molecule has 0 spiro atoms. The number of nitrogens with one attached hydrogen (secondary N) is 1. The van der Waals surface area contributed by atoms with Crippen molar-refractivity contribution >= 4 is 17.5 Å². The van der Waals surface area contributed by atoms with Crippen LogP contribution in [-0.2, 0) is 0 Å². The van der Waals surface area contributed by atoms with Crippen molar-refractivity contribution in [3.63, 3.8) is 0 Å². The van der Waals surface area contributed by atoms with Gasteiger partial charge >= 0.3 is 0 Å². The predicted octanol–water partition coefficient (Wildman–Crippen LogP) is 0.0154. The summed E-state index contributed by atoms with van der Waals surface area (Å²) < 4.78 is 0. The van der Waals surface area contributed by atoms with Gasteiger partial charge in [-0.3, -0.25) is 10.1 Å². The number of hydrogen-bond acceptors (Lipinski definition) is 4. The first-order chi connectivity index (χ1) is 8.69. The Balaban J connectivity index is 1.93. The van der Waals surface area contributed by atoms with Crippen LogP contribution in [0.4, 0.5) is 5.82 Å². The van der Waals surface area contributed by atoms with Crippen LogP contribution in [0.3, 0.4) is 0 Å². The lowest BCUT2D eigenvalue weighted by atomic mass is 10.3. The molecule has 0 aliphatic heterocycles. The summed E-state index contributed by atoms with van der Waals surface area (Å²) in [6, 6.07) is 1.91. The molecule has 6 N–H and O–H groups in total. The number of aliphatic imine (C=N–C) groups is 2. The second kappa shape index (κ2) is 5.63. The molecule has 98 valence electrons. The minimum Gasteiger partial charge on any atom is -0.394 e. The van der Waals surface area contributed by atoms with Crippen LogP contribution >= 0.6 is 0 Å². The van der Waals surface area contributed by atoms with Crippen LogP contribution < -0.4 is 11.5 Å². The summed E-state index contributed by atoms with van der Waals surface area (Å²) in [6.07, 6.45) is 2.70. The van der Waals surface area contributed by atoms with Crippen LogP contribution in [0.15, 0.2) is 16.1 Å². The van der Waals surface area contributed by atoms with Crippen LogP contribution in [0.1, 0.15) is 30.9 Å². The van der Waals surface area contributed by atoms with Gasteiger partial charge in [-0.1, -0.05) is 0 Å². The van der Waals surface area contributed by atoms with Gasteiger partial charge in [-0.15, -0.1) is 0 Å². The number of aliphatic hydroxyl groups excluding tert-OH is 1. The number of hydrogen-bond donors (Lipinski definition) is 4. The molecule has 7 nitrogen and oxygen atoms in total. The number of H-pyrrole nitrogens is 1. The summed E-state index contributed by atoms with van der Waals surface area (Å²) in [5, 5.41) is 15.6. The van der Waals surface area contributed by atoms with Gasteiger partial charge in [-0.05, 0) is 12.8 Å². The zero-order valence-electron chi connectivity index (χ0n) is 10.1. The molecule has 7 heteroatoms. The maximum Gasteiger partial charge on any atom is 0.175 e. The number of aromatic nitrogens is 2. The molecule has 0 atom stereocenters. The molecule has 0 radical (unpaired) electrons. The van der Waals surface area contributed by atoms with Crippen LogP contribution in [0.25, 0.3) is 0 Å². The first kappa shape index (κ1) is 12.6. The Morgan fingerprint density at radius 3 is 2.89 bits per heavy atom. The molecule has 0 amide bonds. The zero-order valence-corrected chi connectivity index (χ0v) is 10.1. The molecule has 1 aromatic heterocycles. The Bertz CT molecular complexity index is 460. The van der Waals surface area contributed by atoms with E-state index in [2.05, 4.69) is 20.2 Å². The number of nitrogens with zero attached hydrogens (tertiary/aromatic N) is 3. The largest absolute Gasteiger partial charge is 0.394 e. The van der Waals surface area contributed by atoms with Crippen molar-refractivity contribution in [3.05, 3.63) is 11.8 Å². The van der Waals surface area contributed by atoms with Crippen molar-refractivity contribution < 1.29 is 5.11 Å². The van der Waals surface area contributed by atoms with E-state index in [0.717, 1.165) is 5.69 Å². The molecule has 1 aromatic rings. The maximum absolute atomic E-state index is 8.61. The Morgan fingerprint density at radius 1 is 1.44 bits per heavy atom. The smallest absolute Gasteiger partial charge is 0.175 e. The van der Waals surface area contributed by atoms with Gasteiger partial charge < -0.3 is 16.6 Å². The van der Waals surface area contributed by atoms with Gasteiger partial charge in [0.15, 0.2) is 5.82 Å². The first-order valence-electron chi connectivity index (χ1n) is 5.97. The van der Waals surface area contributed by atoms with Gasteiger partial charge in [-0.2, -0.15) is 5.10 Å². The summed E-state index contributed by atoms with van der Waals surface area (Å²) >= 11 is 0. The highest BCUT2D eigenvalue weighted by atomic mass is 16.3. The summed E-state index contributed by atoms with van der Waals surface area (Å²) in [4.78, 5) is 8.09. The van der Waals surface area contributed by atoms with Crippen molar-refractivity contribution in [2.75, 3.05) is 13.2 Å². The van der Waals surface area contributed by atoms with Crippen LogP contribution in [-0.4, -0.2) is 40.1 Å². The molecule has 1 saturated carbocycles. The molecule has 1 aliphatic rings. The summed E-state index contributed by atoms with van der Waals surface area (Å²) in [7, 11) is 0. The van der Waals surface area contributed by atoms with E-state index in [1.165, 1.54) is 12.8 Å². The highest BCUT2D eigenvalue weighted by Crippen LogP contribution is 2.39. The Morgan fingerprint density at radius 2 is 2.22 bits per heavy atom. The van der Waals surface area contributed by atoms with Crippen molar-refractivity contribution in [1.29, 1.82) is 0 Å². The van der Waals surface area contributed by atoms with Gasteiger partial charge in [-0.25, -0.2) is 4.99 Å². The molecule has 0 unspecified atom stereocenters. The molecule has 18 heavy (non-hydrogen) atoms. The third kappa shape index (κ3) is 3.56. The molecule has 2 rings (SSSR count). The molecule has 0 bridgehead atoms. The Kier molecular flexibility index (Phi) is 3.93. The molecule has 1 fully saturated rings. The quantitative estimate of drug-likeness (QED) is 0.419. The minimum absolute atomic E-state index is 0.0259. The number of aliphatic hydroxyl groups is 1. The third-order valence-corrected chi connectivity index (χ3v) is 2.64. The van der Waals surface area contributed by atoms with Crippen LogP contribution in [0, 0.1) is 0 Å². The van der Waals surface area contributed by atoms with Crippen molar-refractivity contribution in [2.45, 2.75) is 25.2 Å². The van der Waals surface area contributed by atoms with Gasteiger partial charge in [0.1, 0.15) is 11.7 Å². The van der Waals surface area contributed by atoms with E-state index in [4.69, 9.17) is 16.6 Å². The zero-order chi connectivity index (χ0) is 13.0. The van der Waals surface area contributed by atoms with E-state index in [1.54, 1.807) is 0 Å². The van der Waals surface area contributed by atoms with Gasteiger partial charge in [0.05, 0.1) is 19.6 Å². The molecule has 0 saturated heterocycles. The molecule has 1 aliphatic carbocycles. The topological polar surface area (TPSA) is 126 Å². The number of aromatic amines is 1. The van der Waals surface area contributed by atoms with Crippen molar-refractivity contribution in [1.82, 2.24) is 10.2 Å². The lowest BCUT2D eigenvalue weighted by molar-refractivity contribution is 0.307.